The molecule has 4 aromatic carbocycles. The van der Waals surface area contributed by atoms with Gasteiger partial charge in [-0.3, -0.25) is 0 Å². The zero-order valence-electron chi connectivity index (χ0n) is 15.8. The lowest BCUT2D eigenvalue weighted by Crippen LogP contribution is -2.01. The van der Waals surface area contributed by atoms with Crippen molar-refractivity contribution in [1.82, 2.24) is 0 Å². The first-order valence-corrected chi connectivity index (χ1v) is 9.88. The summed E-state index contributed by atoms with van der Waals surface area (Å²) in [5.74, 6) is 0.276. The van der Waals surface area contributed by atoms with Gasteiger partial charge in [-0.25, -0.2) is 0 Å². The van der Waals surface area contributed by atoms with E-state index in [9.17, 15) is 0 Å². The smallest absolute Gasteiger partial charge is 0.0355 e. The maximum Gasteiger partial charge on any atom is 0.0355 e. The minimum Gasteiger partial charge on any atom is -0.0622 e. The van der Waals surface area contributed by atoms with Crippen LogP contribution in [-0.4, -0.2) is 0 Å². The summed E-state index contributed by atoms with van der Waals surface area (Å²) in [4.78, 5) is 0. The summed E-state index contributed by atoms with van der Waals surface area (Å²) in [6.07, 6.45) is 0.950. The molecule has 134 valence electrons. The molecule has 0 aliphatic heterocycles. The van der Waals surface area contributed by atoms with E-state index in [1.807, 2.05) is 0 Å². The Labute approximate surface area is 166 Å². The van der Waals surface area contributed by atoms with Crippen molar-refractivity contribution in [2.75, 3.05) is 0 Å². The van der Waals surface area contributed by atoms with Crippen LogP contribution in [0.2, 0.25) is 0 Å². The molecule has 4 aromatic rings. The van der Waals surface area contributed by atoms with Crippen LogP contribution < -0.4 is 0 Å². The summed E-state index contributed by atoms with van der Waals surface area (Å²) in [6.45, 7) is 0. The third-order valence-corrected chi connectivity index (χ3v) is 5.65. The van der Waals surface area contributed by atoms with Crippen LogP contribution in [0.3, 0.4) is 0 Å². The fraction of sp³-hybridized carbons (Fsp3) is 0.0714. The Morgan fingerprint density at radius 1 is 0.536 bits per heavy atom. The standard InChI is InChI=1S/C28H22/c1-4-12-21(13-5-1)20-26-24-18-10-11-19-25(24)27(22-14-6-2-7-15-22)28(26)23-16-8-3-9-17-23/h1-19,27H,20H2. The highest BCUT2D eigenvalue weighted by Gasteiger charge is 2.32. The molecule has 0 saturated carbocycles. The van der Waals surface area contributed by atoms with Gasteiger partial charge in [0, 0.05) is 5.92 Å². The third kappa shape index (κ3) is 2.97. The van der Waals surface area contributed by atoms with Crippen LogP contribution in [0, 0.1) is 0 Å². The molecule has 0 radical (unpaired) electrons. The molecule has 0 fully saturated rings. The normalized spacial score (nSPS) is 15.5. The minimum atomic E-state index is 0.276. The molecule has 1 aliphatic rings. The van der Waals surface area contributed by atoms with Gasteiger partial charge < -0.3 is 0 Å². The highest BCUT2D eigenvalue weighted by molar-refractivity contribution is 6.01. The Balaban J connectivity index is 1.76. The molecule has 0 heteroatoms. The second kappa shape index (κ2) is 7.32. The number of benzene rings is 4. The predicted octanol–water partition coefficient (Wildman–Crippen LogP) is 6.99. The third-order valence-electron chi connectivity index (χ3n) is 5.65. The van der Waals surface area contributed by atoms with Gasteiger partial charge in [-0.1, -0.05) is 115 Å². The zero-order valence-corrected chi connectivity index (χ0v) is 15.8. The van der Waals surface area contributed by atoms with Gasteiger partial charge in [0.2, 0.25) is 0 Å². The van der Waals surface area contributed by atoms with Crippen LogP contribution in [0.25, 0.3) is 11.1 Å². The highest BCUT2D eigenvalue weighted by Crippen LogP contribution is 2.50. The summed E-state index contributed by atoms with van der Waals surface area (Å²) in [7, 11) is 0. The average molecular weight is 358 g/mol. The van der Waals surface area contributed by atoms with Crippen molar-refractivity contribution in [2.24, 2.45) is 0 Å². The number of hydrogen-bond donors (Lipinski definition) is 0. The van der Waals surface area contributed by atoms with Crippen LogP contribution in [-0.2, 0) is 6.42 Å². The monoisotopic (exact) mass is 358 g/mol. The molecule has 0 amide bonds. The maximum absolute atomic E-state index is 2.30. The van der Waals surface area contributed by atoms with E-state index in [4.69, 9.17) is 0 Å². The summed E-state index contributed by atoms with van der Waals surface area (Å²) < 4.78 is 0. The molecule has 0 bridgehead atoms. The van der Waals surface area contributed by atoms with Crippen LogP contribution in [0.15, 0.2) is 115 Å². The first-order valence-electron chi connectivity index (χ1n) is 9.88. The first kappa shape index (κ1) is 16.8. The molecular weight excluding hydrogens is 336 g/mol. The van der Waals surface area contributed by atoms with E-state index in [-0.39, 0.29) is 5.92 Å². The van der Waals surface area contributed by atoms with Gasteiger partial charge >= 0.3 is 0 Å². The van der Waals surface area contributed by atoms with E-state index >= 15 is 0 Å². The largest absolute Gasteiger partial charge is 0.0622 e. The lowest BCUT2D eigenvalue weighted by atomic mass is 9.84. The summed E-state index contributed by atoms with van der Waals surface area (Å²) >= 11 is 0. The maximum atomic E-state index is 2.30. The minimum absolute atomic E-state index is 0.276. The molecule has 0 spiro atoms. The Kier molecular flexibility index (Phi) is 4.39. The highest BCUT2D eigenvalue weighted by atomic mass is 14.4. The lowest BCUT2D eigenvalue weighted by Gasteiger charge is -2.18. The fourth-order valence-corrected chi connectivity index (χ4v) is 4.44. The Morgan fingerprint density at radius 2 is 1.11 bits per heavy atom. The Hall–Kier alpha value is -3.38. The van der Waals surface area contributed by atoms with Crippen molar-refractivity contribution in [1.29, 1.82) is 0 Å². The molecule has 0 aromatic heterocycles. The van der Waals surface area contributed by atoms with Gasteiger partial charge in [-0.2, -0.15) is 0 Å². The van der Waals surface area contributed by atoms with Crippen LogP contribution in [0.5, 0.6) is 0 Å². The van der Waals surface area contributed by atoms with Crippen LogP contribution in [0.1, 0.15) is 33.7 Å². The van der Waals surface area contributed by atoms with Crippen LogP contribution in [0.4, 0.5) is 0 Å². The van der Waals surface area contributed by atoms with Gasteiger partial charge in [0.25, 0.3) is 0 Å². The first-order chi connectivity index (χ1) is 13.9. The fourth-order valence-electron chi connectivity index (χ4n) is 4.44. The van der Waals surface area contributed by atoms with Crippen molar-refractivity contribution < 1.29 is 0 Å². The summed E-state index contributed by atoms with van der Waals surface area (Å²) in [5, 5.41) is 0. The van der Waals surface area contributed by atoms with Crippen molar-refractivity contribution in [2.45, 2.75) is 12.3 Å². The summed E-state index contributed by atoms with van der Waals surface area (Å²) in [6, 6.07) is 41.6. The van der Waals surface area contributed by atoms with Gasteiger partial charge in [-0.05, 0) is 45.4 Å². The van der Waals surface area contributed by atoms with Gasteiger partial charge in [0.15, 0.2) is 0 Å². The molecule has 1 unspecified atom stereocenters. The lowest BCUT2D eigenvalue weighted by molar-refractivity contribution is 1.07. The van der Waals surface area contributed by atoms with E-state index in [2.05, 4.69) is 115 Å². The Bertz CT molecular complexity index is 1110. The molecule has 0 saturated heterocycles. The number of allylic oxidation sites excluding steroid dienone is 2. The number of fused-ring (bicyclic) bond motifs is 1. The van der Waals surface area contributed by atoms with Crippen molar-refractivity contribution in [3.8, 4) is 0 Å². The van der Waals surface area contributed by atoms with Crippen molar-refractivity contribution in [3.63, 3.8) is 0 Å². The second-order valence-corrected chi connectivity index (χ2v) is 7.35. The van der Waals surface area contributed by atoms with Crippen molar-refractivity contribution >= 4 is 11.1 Å². The van der Waals surface area contributed by atoms with E-state index < -0.39 is 0 Å². The second-order valence-electron chi connectivity index (χ2n) is 7.35. The molecule has 1 aliphatic carbocycles. The van der Waals surface area contributed by atoms with Crippen molar-refractivity contribution in [3.05, 3.63) is 143 Å². The Morgan fingerprint density at radius 3 is 1.82 bits per heavy atom. The van der Waals surface area contributed by atoms with E-state index in [0.29, 0.717) is 0 Å². The molecule has 0 N–H and O–H groups in total. The average Bonchev–Trinajstić information content (AvgIpc) is 3.10. The quantitative estimate of drug-likeness (QED) is 0.369. The van der Waals surface area contributed by atoms with E-state index in [1.165, 1.54) is 39.0 Å². The summed E-state index contributed by atoms with van der Waals surface area (Å²) in [5.41, 5.74) is 9.72. The molecule has 1 atom stereocenters. The van der Waals surface area contributed by atoms with E-state index in [0.717, 1.165) is 6.42 Å². The predicted molar refractivity (Wildman–Crippen MR) is 118 cm³/mol. The molecule has 0 nitrogen and oxygen atoms in total. The number of rotatable bonds is 4. The molecular formula is C28H22. The zero-order chi connectivity index (χ0) is 18.8. The van der Waals surface area contributed by atoms with Gasteiger partial charge in [0.05, 0.1) is 0 Å². The van der Waals surface area contributed by atoms with Gasteiger partial charge in [0.1, 0.15) is 0 Å². The molecule has 28 heavy (non-hydrogen) atoms. The van der Waals surface area contributed by atoms with E-state index in [1.54, 1.807) is 0 Å². The topological polar surface area (TPSA) is 0 Å². The number of hydrogen-bond acceptors (Lipinski definition) is 0. The SMILES string of the molecule is c1ccc(CC2=C(c3ccccc3)C(c3ccccc3)c3ccccc32)cc1. The van der Waals surface area contributed by atoms with Gasteiger partial charge in [-0.15, -0.1) is 0 Å². The molecule has 0 heterocycles. The molecule has 5 rings (SSSR count). The van der Waals surface area contributed by atoms with Crippen LogP contribution >= 0.6 is 0 Å².